The van der Waals surface area contributed by atoms with Gasteiger partial charge in [0.05, 0.1) is 16.6 Å². The van der Waals surface area contributed by atoms with Gasteiger partial charge in [0.25, 0.3) is 10.0 Å². The number of hydrogen-bond acceptors (Lipinski definition) is 3. The number of carbonyl (C=O) groups is 1. The highest BCUT2D eigenvalue weighted by molar-refractivity contribution is 7.93. The van der Waals surface area contributed by atoms with Crippen molar-refractivity contribution in [2.24, 2.45) is 0 Å². The van der Waals surface area contributed by atoms with Crippen molar-refractivity contribution in [1.82, 2.24) is 5.32 Å². The molecule has 1 aliphatic rings. The first-order chi connectivity index (χ1) is 14.5. The van der Waals surface area contributed by atoms with Crippen molar-refractivity contribution >= 4 is 32.4 Å². The summed E-state index contributed by atoms with van der Waals surface area (Å²) in [6, 6.07) is 17.7. The molecule has 0 bridgehead atoms. The Morgan fingerprint density at radius 1 is 0.935 bits per heavy atom. The summed E-state index contributed by atoms with van der Waals surface area (Å²) < 4.78 is 27.7. The first kappa shape index (κ1) is 21.4. The molecule has 0 aliphatic carbocycles. The highest BCUT2D eigenvalue weighted by Gasteiger charge is 2.41. The van der Waals surface area contributed by atoms with Gasteiger partial charge >= 0.3 is 0 Å². The van der Waals surface area contributed by atoms with Crippen LogP contribution in [0.15, 0.2) is 65.6 Å². The third kappa shape index (κ3) is 3.59. The van der Waals surface area contributed by atoms with Gasteiger partial charge in [-0.2, -0.15) is 0 Å². The maximum atomic E-state index is 13.2. The third-order valence-corrected chi connectivity index (χ3v) is 7.91. The smallest absolute Gasteiger partial charge is 0.265 e. The molecule has 0 saturated heterocycles. The highest BCUT2D eigenvalue weighted by atomic mass is 32.2. The fraction of sp³-hybridized carbons (Fsp3) is 0.320. The van der Waals surface area contributed by atoms with Crippen LogP contribution >= 0.6 is 0 Å². The van der Waals surface area contributed by atoms with Gasteiger partial charge in [-0.3, -0.25) is 9.10 Å². The molecule has 2 atom stereocenters. The standard InChI is InChI=1S/C25H28N2O3S/c1-16(18-12-14-20(15-13-18)25(3,4)5)26-24(28)17(2)27-21-10-6-8-19-9-7-11-22(23(19)21)31(27,29)30/h6-17H,1-5H3,(H,26,28)/t16-,17-/m0/s1. The summed E-state index contributed by atoms with van der Waals surface area (Å²) >= 11 is 0. The van der Waals surface area contributed by atoms with Gasteiger partial charge in [-0.1, -0.05) is 69.3 Å². The van der Waals surface area contributed by atoms with Gasteiger partial charge in [-0.25, -0.2) is 8.42 Å². The molecule has 0 radical (unpaired) electrons. The Bertz CT molecular complexity index is 1250. The molecule has 31 heavy (non-hydrogen) atoms. The SMILES string of the molecule is C[C@H](NC(=O)[C@H](C)N1c2cccc3cccc(c23)S1(=O)=O)c1ccc(C(C)(C)C)cc1. The monoisotopic (exact) mass is 436 g/mol. The van der Waals surface area contributed by atoms with E-state index in [9.17, 15) is 13.2 Å². The number of anilines is 1. The van der Waals surface area contributed by atoms with Crippen molar-refractivity contribution in [3.63, 3.8) is 0 Å². The lowest BCUT2D eigenvalue weighted by Crippen LogP contribution is -2.47. The van der Waals surface area contributed by atoms with Crippen LogP contribution in [0, 0.1) is 0 Å². The van der Waals surface area contributed by atoms with Crippen LogP contribution in [0.5, 0.6) is 0 Å². The Morgan fingerprint density at radius 3 is 2.16 bits per heavy atom. The Labute approximate surface area is 184 Å². The first-order valence-corrected chi connectivity index (χ1v) is 11.9. The Morgan fingerprint density at radius 2 is 1.55 bits per heavy atom. The topological polar surface area (TPSA) is 66.5 Å². The van der Waals surface area contributed by atoms with Crippen molar-refractivity contribution in [1.29, 1.82) is 0 Å². The van der Waals surface area contributed by atoms with Gasteiger partial charge < -0.3 is 5.32 Å². The maximum Gasteiger partial charge on any atom is 0.265 e. The summed E-state index contributed by atoms with van der Waals surface area (Å²) in [5.74, 6) is -0.333. The molecule has 3 aromatic carbocycles. The summed E-state index contributed by atoms with van der Waals surface area (Å²) in [4.78, 5) is 13.3. The van der Waals surface area contributed by atoms with Gasteiger partial charge in [-0.15, -0.1) is 0 Å². The molecule has 6 heteroatoms. The number of nitrogens with zero attached hydrogens (tertiary/aromatic N) is 1. The minimum Gasteiger partial charge on any atom is -0.348 e. The zero-order chi connectivity index (χ0) is 22.6. The quantitative estimate of drug-likeness (QED) is 0.632. The Kier molecular flexibility index (Phi) is 5.09. The lowest BCUT2D eigenvalue weighted by molar-refractivity contribution is -0.122. The zero-order valence-electron chi connectivity index (χ0n) is 18.5. The molecule has 0 aromatic heterocycles. The molecule has 0 fully saturated rings. The van der Waals surface area contributed by atoms with Gasteiger partial charge in [0.15, 0.2) is 0 Å². The number of hydrogen-bond donors (Lipinski definition) is 1. The average molecular weight is 437 g/mol. The molecule has 0 unspecified atom stereocenters. The summed E-state index contributed by atoms with van der Waals surface area (Å²) in [6.07, 6.45) is 0. The molecule has 0 spiro atoms. The maximum absolute atomic E-state index is 13.2. The predicted molar refractivity (Wildman–Crippen MR) is 125 cm³/mol. The Balaban J connectivity index is 1.58. The first-order valence-electron chi connectivity index (χ1n) is 10.5. The van der Waals surface area contributed by atoms with Gasteiger partial charge in [0.1, 0.15) is 6.04 Å². The number of sulfonamides is 1. The number of nitrogens with one attached hydrogen (secondary N) is 1. The van der Waals surface area contributed by atoms with Crippen molar-refractivity contribution < 1.29 is 13.2 Å². The minimum absolute atomic E-state index is 0.0552. The van der Waals surface area contributed by atoms with Crippen molar-refractivity contribution in [3.8, 4) is 0 Å². The minimum atomic E-state index is -3.79. The van der Waals surface area contributed by atoms with Crippen LogP contribution in [0.4, 0.5) is 5.69 Å². The molecule has 0 saturated carbocycles. The van der Waals surface area contributed by atoms with Gasteiger partial charge in [-0.05, 0) is 47.9 Å². The number of amides is 1. The molecule has 5 nitrogen and oxygen atoms in total. The second kappa shape index (κ2) is 7.38. The summed E-state index contributed by atoms with van der Waals surface area (Å²) in [6.45, 7) is 10.0. The van der Waals surface area contributed by atoms with Crippen LogP contribution in [0.3, 0.4) is 0 Å². The van der Waals surface area contributed by atoms with Crippen molar-refractivity contribution in [3.05, 3.63) is 71.8 Å². The van der Waals surface area contributed by atoms with E-state index in [1.54, 1.807) is 25.1 Å². The van der Waals surface area contributed by atoms with Crippen LogP contribution in [0.25, 0.3) is 10.8 Å². The second-order valence-electron chi connectivity index (χ2n) is 9.21. The fourth-order valence-corrected chi connectivity index (χ4v) is 6.00. The van der Waals surface area contributed by atoms with E-state index in [4.69, 9.17) is 0 Å². The van der Waals surface area contributed by atoms with Crippen molar-refractivity contribution in [2.45, 2.75) is 57.0 Å². The third-order valence-electron chi connectivity index (χ3n) is 5.99. The van der Waals surface area contributed by atoms with E-state index in [1.807, 2.05) is 37.3 Å². The molecule has 3 aromatic rings. The number of carbonyl (C=O) groups excluding carboxylic acids is 1. The van der Waals surface area contributed by atoms with E-state index in [0.29, 0.717) is 11.1 Å². The largest absolute Gasteiger partial charge is 0.348 e. The van der Waals surface area contributed by atoms with Crippen molar-refractivity contribution in [2.75, 3.05) is 4.31 Å². The molecule has 1 amide bonds. The van der Waals surface area contributed by atoms with E-state index in [2.05, 4.69) is 38.2 Å². The lowest BCUT2D eigenvalue weighted by Gasteiger charge is -2.27. The predicted octanol–water partition coefficient (Wildman–Crippen LogP) is 4.91. The van der Waals surface area contributed by atoms with E-state index < -0.39 is 16.1 Å². The van der Waals surface area contributed by atoms with Crippen LogP contribution in [-0.2, 0) is 20.2 Å². The zero-order valence-corrected chi connectivity index (χ0v) is 19.3. The molecule has 1 N–H and O–H groups in total. The van der Waals surface area contributed by atoms with E-state index in [0.717, 1.165) is 10.9 Å². The van der Waals surface area contributed by atoms with E-state index in [-0.39, 0.29) is 22.3 Å². The summed E-state index contributed by atoms with van der Waals surface area (Å²) in [7, 11) is -3.79. The highest BCUT2D eigenvalue weighted by Crippen LogP contribution is 2.43. The molecule has 4 rings (SSSR count). The molecule has 1 heterocycles. The lowest BCUT2D eigenvalue weighted by atomic mass is 9.86. The van der Waals surface area contributed by atoms with Crippen LogP contribution in [-0.4, -0.2) is 20.4 Å². The van der Waals surface area contributed by atoms with Crippen LogP contribution in [0.1, 0.15) is 51.8 Å². The molecular formula is C25H28N2O3S. The van der Waals surface area contributed by atoms with E-state index in [1.165, 1.54) is 9.87 Å². The Hall–Kier alpha value is -2.86. The fourth-order valence-electron chi connectivity index (χ4n) is 4.13. The average Bonchev–Trinajstić information content (AvgIpc) is 2.95. The number of rotatable bonds is 4. The normalized spacial score (nSPS) is 16.9. The molecule has 1 aliphatic heterocycles. The summed E-state index contributed by atoms with van der Waals surface area (Å²) in [5.41, 5.74) is 2.80. The molecule has 162 valence electrons. The summed E-state index contributed by atoms with van der Waals surface area (Å²) in [5, 5.41) is 4.51. The van der Waals surface area contributed by atoms with Crippen LogP contribution in [0.2, 0.25) is 0 Å². The van der Waals surface area contributed by atoms with Gasteiger partial charge in [0.2, 0.25) is 5.91 Å². The van der Waals surface area contributed by atoms with Crippen LogP contribution < -0.4 is 9.62 Å². The second-order valence-corrected chi connectivity index (χ2v) is 11.0. The van der Waals surface area contributed by atoms with E-state index >= 15 is 0 Å². The van der Waals surface area contributed by atoms with Gasteiger partial charge in [0, 0.05) is 5.39 Å². The number of benzene rings is 3. The molecular weight excluding hydrogens is 408 g/mol.